The van der Waals surface area contributed by atoms with Crippen LogP contribution in [0.5, 0.6) is 0 Å². The zero-order valence-corrected chi connectivity index (χ0v) is 10.5. The average molecular weight is 278 g/mol. The van der Waals surface area contributed by atoms with Crippen LogP contribution in [0.15, 0.2) is 12.2 Å². The van der Waals surface area contributed by atoms with Crippen LogP contribution in [0.2, 0.25) is 0 Å². The van der Waals surface area contributed by atoms with Gasteiger partial charge in [0.05, 0.1) is 5.75 Å². The maximum atomic E-state index is 10.5. The number of esters is 1. The Balaban J connectivity index is -0.000000224. The minimum atomic E-state index is -3.67. The Morgan fingerprint density at radius 2 is 1.88 bits per heavy atom. The van der Waals surface area contributed by atoms with Gasteiger partial charge < -0.3 is 9.84 Å². The van der Waals surface area contributed by atoms with Crippen molar-refractivity contribution >= 4 is 45.6 Å². The molecule has 98 valence electrons. The third kappa shape index (κ3) is 21.8. The van der Waals surface area contributed by atoms with Gasteiger partial charge in [0.25, 0.3) is 10.1 Å². The Kier molecular flexibility index (Phi) is 14.7. The van der Waals surface area contributed by atoms with Crippen molar-refractivity contribution in [3.05, 3.63) is 12.2 Å². The van der Waals surface area contributed by atoms with Gasteiger partial charge in [-0.1, -0.05) is 13.5 Å². The quantitative estimate of drug-likeness (QED) is 0.248. The Morgan fingerprint density at radius 1 is 1.47 bits per heavy atom. The number of ether oxygens (including phenoxy) is 1. The minimum absolute atomic E-state index is 0. The number of aliphatic hydroxyl groups is 1. The van der Waals surface area contributed by atoms with Crippen molar-refractivity contribution in [2.75, 3.05) is 5.75 Å². The molecule has 0 aliphatic rings. The summed E-state index contributed by atoms with van der Waals surface area (Å²) in [5, 5.41) is 8.49. The molecule has 1 atom stereocenters. The summed E-state index contributed by atoms with van der Waals surface area (Å²) in [6.45, 7) is 7.89. The molecule has 0 fully saturated rings. The molecule has 8 heteroatoms. The van der Waals surface area contributed by atoms with Gasteiger partial charge in [-0.2, -0.15) is 8.42 Å². The molecule has 0 aliphatic heterocycles. The van der Waals surface area contributed by atoms with Crippen LogP contribution in [0.25, 0.3) is 0 Å². The van der Waals surface area contributed by atoms with Crippen LogP contribution in [0.1, 0.15) is 27.2 Å². The fourth-order valence-corrected chi connectivity index (χ4v) is 1.03. The SMILES string of the molecule is C=C(C)C(=O)OC(C)O.CCCS(=O)(=O)O.[NaH]. The van der Waals surface area contributed by atoms with E-state index in [1.54, 1.807) is 6.92 Å². The standard InChI is InChI=1S/C6H10O3.C3H8O3S.Na.H/c1-4(2)6(8)9-5(3)7;1-2-3-7(4,5)6;;/h5,7H,1H2,2-3H3;2-3H2,1H3,(H,4,5,6);;. The molecule has 0 amide bonds. The summed E-state index contributed by atoms with van der Waals surface area (Å²) < 4.78 is 31.9. The molecule has 6 nitrogen and oxygen atoms in total. The van der Waals surface area contributed by atoms with E-state index in [0.29, 0.717) is 6.42 Å². The Labute approximate surface area is 124 Å². The predicted octanol–water partition coefficient (Wildman–Crippen LogP) is 0.0797. The van der Waals surface area contributed by atoms with E-state index in [1.807, 2.05) is 0 Å². The first-order valence-electron chi connectivity index (χ1n) is 4.59. The van der Waals surface area contributed by atoms with Gasteiger partial charge in [-0.05, 0) is 20.3 Å². The molecule has 0 aliphatic carbocycles. The summed E-state index contributed by atoms with van der Waals surface area (Å²) >= 11 is 0. The topological polar surface area (TPSA) is 101 Å². The molecule has 17 heavy (non-hydrogen) atoms. The molecule has 0 bridgehead atoms. The third-order valence-electron chi connectivity index (χ3n) is 1.09. The first-order chi connectivity index (χ1) is 7.10. The number of aliphatic hydroxyl groups excluding tert-OH is 1. The fraction of sp³-hybridized carbons (Fsp3) is 0.667. The molecule has 0 spiro atoms. The Hall–Kier alpha value is 0.0800. The second-order valence-corrected chi connectivity index (χ2v) is 4.64. The molecule has 0 saturated heterocycles. The first kappa shape index (κ1) is 22.3. The van der Waals surface area contributed by atoms with Crippen LogP contribution >= 0.6 is 0 Å². The van der Waals surface area contributed by atoms with Gasteiger partial charge in [-0.3, -0.25) is 4.55 Å². The number of hydrogen-bond donors (Lipinski definition) is 2. The number of rotatable bonds is 4. The summed E-state index contributed by atoms with van der Waals surface area (Å²) in [5.41, 5.74) is 0.288. The monoisotopic (exact) mass is 278 g/mol. The second-order valence-electron chi connectivity index (χ2n) is 3.07. The van der Waals surface area contributed by atoms with E-state index in [4.69, 9.17) is 9.66 Å². The summed E-state index contributed by atoms with van der Waals surface area (Å²) in [6, 6.07) is 0. The zero-order chi connectivity index (χ0) is 13.4. The van der Waals surface area contributed by atoms with Crippen LogP contribution in [-0.2, 0) is 19.6 Å². The van der Waals surface area contributed by atoms with Crippen molar-refractivity contribution in [2.24, 2.45) is 0 Å². The molecule has 0 aromatic carbocycles. The van der Waals surface area contributed by atoms with E-state index in [9.17, 15) is 13.2 Å². The van der Waals surface area contributed by atoms with Crippen LogP contribution in [0, 0.1) is 0 Å². The average Bonchev–Trinajstić information content (AvgIpc) is 2.01. The molecule has 1 unspecified atom stereocenters. The molecule has 0 aromatic rings. The van der Waals surface area contributed by atoms with Crippen molar-refractivity contribution in [1.29, 1.82) is 0 Å². The molecule has 0 rings (SSSR count). The van der Waals surface area contributed by atoms with Crippen LogP contribution < -0.4 is 0 Å². The van der Waals surface area contributed by atoms with Gasteiger partial charge >= 0.3 is 35.5 Å². The van der Waals surface area contributed by atoms with Crippen LogP contribution in [0.4, 0.5) is 0 Å². The summed E-state index contributed by atoms with van der Waals surface area (Å²) in [7, 11) is -3.67. The van der Waals surface area contributed by atoms with Gasteiger partial charge in [0.1, 0.15) is 0 Å². The Morgan fingerprint density at radius 3 is 1.94 bits per heavy atom. The molecule has 0 aromatic heterocycles. The molecule has 0 radical (unpaired) electrons. The van der Waals surface area contributed by atoms with E-state index >= 15 is 0 Å². The van der Waals surface area contributed by atoms with Gasteiger partial charge in [0.2, 0.25) is 0 Å². The van der Waals surface area contributed by atoms with Crippen molar-refractivity contribution in [3.63, 3.8) is 0 Å². The summed E-state index contributed by atoms with van der Waals surface area (Å²) in [6.07, 6.45) is -0.576. The van der Waals surface area contributed by atoms with E-state index in [2.05, 4.69) is 11.3 Å². The summed E-state index contributed by atoms with van der Waals surface area (Å²) in [5.74, 6) is -0.697. The molecular formula is C9H19NaO6S. The predicted molar refractivity (Wildman–Crippen MR) is 66.4 cm³/mol. The van der Waals surface area contributed by atoms with Crippen molar-refractivity contribution in [2.45, 2.75) is 33.5 Å². The van der Waals surface area contributed by atoms with Crippen LogP contribution in [0.3, 0.4) is 0 Å². The molecule has 2 N–H and O–H groups in total. The zero-order valence-electron chi connectivity index (χ0n) is 9.63. The van der Waals surface area contributed by atoms with Crippen LogP contribution in [-0.4, -0.2) is 65.6 Å². The van der Waals surface area contributed by atoms with Gasteiger partial charge in [-0.15, -0.1) is 0 Å². The second kappa shape index (κ2) is 11.2. The summed E-state index contributed by atoms with van der Waals surface area (Å²) in [4.78, 5) is 10.5. The van der Waals surface area contributed by atoms with E-state index < -0.39 is 22.4 Å². The number of hydrogen-bond acceptors (Lipinski definition) is 5. The number of carbonyl (C=O) groups is 1. The van der Waals surface area contributed by atoms with Crippen molar-refractivity contribution < 1.29 is 27.6 Å². The Bertz CT molecular complexity index is 322. The molecule has 0 heterocycles. The molecular weight excluding hydrogens is 259 g/mol. The van der Waals surface area contributed by atoms with Crippen molar-refractivity contribution in [1.82, 2.24) is 0 Å². The maximum absolute atomic E-state index is 10.5. The third-order valence-corrected chi connectivity index (χ3v) is 2.01. The van der Waals surface area contributed by atoms with Crippen molar-refractivity contribution in [3.8, 4) is 0 Å². The molecule has 0 saturated carbocycles. The van der Waals surface area contributed by atoms with E-state index in [1.165, 1.54) is 13.8 Å². The van der Waals surface area contributed by atoms with Gasteiger partial charge in [-0.25, -0.2) is 4.79 Å². The first-order valence-corrected chi connectivity index (χ1v) is 6.20. The van der Waals surface area contributed by atoms with E-state index in [-0.39, 0.29) is 40.9 Å². The van der Waals surface area contributed by atoms with E-state index in [0.717, 1.165) is 0 Å². The van der Waals surface area contributed by atoms with Gasteiger partial charge in [0, 0.05) is 5.57 Å². The fourth-order valence-electron chi connectivity index (χ4n) is 0.513. The normalized spacial score (nSPS) is 11.4. The van der Waals surface area contributed by atoms with Gasteiger partial charge in [0.15, 0.2) is 6.29 Å². The number of carbonyl (C=O) groups excluding carboxylic acids is 1.